The van der Waals surface area contributed by atoms with E-state index in [1.165, 1.54) is 31.8 Å². The van der Waals surface area contributed by atoms with Gasteiger partial charge in [0.2, 0.25) is 0 Å². The molecule has 0 radical (unpaired) electrons. The van der Waals surface area contributed by atoms with Crippen molar-refractivity contribution in [1.82, 2.24) is 0 Å². The van der Waals surface area contributed by atoms with E-state index in [2.05, 4.69) is 182 Å². The molecular formula is C37H30NNiP2+. The fraction of sp³-hybridized carbons (Fsp3) is 0. The van der Waals surface area contributed by atoms with Crippen LogP contribution in [0.2, 0.25) is 0 Å². The minimum atomic E-state index is -0.446. The summed E-state index contributed by atoms with van der Waals surface area (Å²) in [5.41, 5.74) is 0. The second kappa shape index (κ2) is 17.8. The van der Waals surface area contributed by atoms with Crippen LogP contribution < -0.4 is 31.8 Å². The normalized spacial score (nSPS) is 9.85. The van der Waals surface area contributed by atoms with Gasteiger partial charge in [-0.05, 0) is 47.7 Å². The molecule has 6 aromatic carbocycles. The first-order chi connectivity index (χ1) is 19.9. The predicted molar refractivity (Wildman–Crippen MR) is 175 cm³/mol. The van der Waals surface area contributed by atoms with Crippen LogP contribution in [0, 0.1) is 11.8 Å². The zero-order valence-electron chi connectivity index (χ0n) is 22.5. The van der Waals surface area contributed by atoms with Gasteiger partial charge >= 0.3 is 16.5 Å². The largest absolute Gasteiger partial charge is 2.00 e. The molecule has 0 spiro atoms. The van der Waals surface area contributed by atoms with E-state index in [1.807, 2.05) is 0 Å². The van der Waals surface area contributed by atoms with Crippen LogP contribution in [-0.4, -0.2) is 0 Å². The molecule has 0 N–H and O–H groups in total. The average molecular weight is 609 g/mol. The van der Waals surface area contributed by atoms with Gasteiger partial charge in [0, 0.05) is 0 Å². The van der Waals surface area contributed by atoms with Crippen LogP contribution in [0.1, 0.15) is 0 Å². The molecule has 0 saturated carbocycles. The molecule has 0 atom stereocenters. The summed E-state index contributed by atoms with van der Waals surface area (Å²) < 4.78 is 0. The van der Waals surface area contributed by atoms with Crippen LogP contribution in [0.15, 0.2) is 182 Å². The van der Waals surface area contributed by atoms with Gasteiger partial charge in [-0.1, -0.05) is 182 Å². The van der Waals surface area contributed by atoms with E-state index in [0.717, 1.165) is 0 Å². The summed E-state index contributed by atoms with van der Waals surface area (Å²) in [6.07, 6.45) is 0. The van der Waals surface area contributed by atoms with Crippen molar-refractivity contribution in [3.05, 3.63) is 189 Å². The maximum atomic E-state index is 6.25. The third kappa shape index (κ3) is 9.08. The first-order valence-corrected chi connectivity index (χ1v) is 15.7. The number of hydrogen-bond donors (Lipinski definition) is 0. The zero-order valence-corrected chi connectivity index (χ0v) is 25.3. The SMILES string of the molecule is [C-]#N.[Ni+2].c1ccc(P(c2ccccc2)c2ccccc2)cc1.c1ccc(P(c2ccccc2)c2ccccc2)cc1. The van der Waals surface area contributed by atoms with E-state index in [9.17, 15) is 0 Å². The van der Waals surface area contributed by atoms with Crippen LogP contribution >= 0.6 is 15.8 Å². The fourth-order valence-electron chi connectivity index (χ4n) is 4.36. The van der Waals surface area contributed by atoms with Gasteiger partial charge in [0.25, 0.3) is 0 Å². The average Bonchev–Trinajstić information content (AvgIpc) is 3.06. The predicted octanol–water partition coefficient (Wildman–Crippen LogP) is 6.98. The second-order valence-electron chi connectivity index (χ2n) is 8.68. The molecule has 0 amide bonds. The molecule has 0 unspecified atom stereocenters. The van der Waals surface area contributed by atoms with Crippen molar-refractivity contribution in [2.75, 3.05) is 0 Å². The Balaban J connectivity index is 0.000000208. The third-order valence-electron chi connectivity index (χ3n) is 6.09. The van der Waals surface area contributed by atoms with E-state index in [-0.39, 0.29) is 16.5 Å². The van der Waals surface area contributed by atoms with Gasteiger partial charge in [0.15, 0.2) is 0 Å². The Morgan fingerprint density at radius 2 is 0.390 bits per heavy atom. The Morgan fingerprint density at radius 1 is 0.268 bits per heavy atom. The molecule has 0 aliphatic rings. The van der Waals surface area contributed by atoms with Crippen LogP contribution in [0.4, 0.5) is 0 Å². The molecular weight excluding hydrogens is 579 g/mol. The van der Waals surface area contributed by atoms with Gasteiger partial charge in [0.05, 0.1) is 0 Å². The molecule has 0 heterocycles. The molecule has 202 valence electrons. The number of nitrogens with zero attached hydrogens (tertiary/aromatic N) is 1. The van der Waals surface area contributed by atoms with Crippen molar-refractivity contribution < 1.29 is 16.5 Å². The zero-order chi connectivity index (χ0) is 27.8. The van der Waals surface area contributed by atoms with E-state index in [4.69, 9.17) is 11.8 Å². The van der Waals surface area contributed by atoms with Crippen molar-refractivity contribution in [2.45, 2.75) is 0 Å². The van der Waals surface area contributed by atoms with Gasteiger partial charge in [-0.25, -0.2) is 0 Å². The van der Waals surface area contributed by atoms with Crippen LogP contribution in [-0.2, 0) is 16.5 Å². The minimum Gasteiger partial charge on any atom is -0.512 e. The Hall–Kier alpha value is -3.84. The van der Waals surface area contributed by atoms with Crippen molar-refractivity contribution in [3.8, 4) is 0 Å². The summed E-state index contributed by atoms with van der Waals surface area (Å²) in [7, 11) is -0.892. The van der Waals surface area contributed by atoms with Crippen LogP contribution in [0.5, 0.6) is 0 Å². The van der Waals surface area contributed by atoms with E-state index in [1.54, 1.807) is 0 Å². The molecule has 6 aromatic rings. The monoisotopic (exact) mass is 608 g/mol. The molecule has 0 aliphatic carbocycles. The molecule has 41 heavy (non-hydrogen) atoms. The Kier molecular flexibility index (Phi) is 13.7. The van der Waals surface area contributed by atoms with Gasteiger partial charge in [-0.15, -0.1) is 0 Å². The summed E-state index contributed by atoms with van der Waals surface area (Å²) in [4.78, 5) is 0. The molecule has 4 heteroatoms. The second-order valence-corrected chi connectivity index (χ2v) is 13.1. The first kappa shape index (κ1) is 31.7. The van der Waals surface area contributed by atoms with Crippen molar-refractivity contribution in [2.24, 2.45) is 0 Å². The van der Waals surface area contributed by atoms with E-state index >= 15 is 0 Å². The van der Waals surface area contributed by atoms with Crippen LogP contribution in [0.25, 0.3) is 0 Å². The van der Waals surface area contributed by atoms with Gasteiger partial charge in [-0.3, -0.25) is 0 Å². The van der Waals surface area contributed by atoms with Crippen molar-refractivity contribution in [1.29, 1.82) is 5.26 Å². The molecule has 0 bridgehead atoms. The maximum Gasteiger partial charge on any atom is 2.00 e. The maximum absolute atomic E-state index is 6.25. The molecule has 6 rings (SSSR count). The Labute approximate surface area is 257 Å². The molecule has 0 aliphatic heterocycles. The molecule has 0 saturated heterocycles. The standard InChI is InChI=1S/2C18H15P.CN.Ni/c2*1-4-10-16(11-5-1)19(17-12-6-2-7-13-17)18-14-8-3-9-15-18;1-2;/h2*1-15H;;/q;;-1;+2. The summed E-state index contributed by atoms with van der Waals surface area (Å²) in [6.45, 7) is 4.75. The van der Waals surface area contributed by atoms with Crippen molar-refractivity contribution in [3.63, 3.8) is 0 Å². The topological polar surface area (TPSA) is 23.8 Å². The number of hydrogen-bond acceptors (Lipinski definition) is 1. The quantitative estimate of drug-likeness (QED) is 0.114. The first-order valence-electron chi connectivity index (χ1n) is 13.0. The fourth-order valence-corrected chi connectivity index (χ4v) is 8.97. The summed E-state index contributed by atoms with van der Waals surface area (Å²) in [6, 6.07) is 64.7. The number of rotatable bonds is 6. The van der Waals surface area contributed by atoms with E-state index in [0.29, 0.717) is 0 Å². The molecule has 0 aromatic heterocycles. The Morgan fingerprint density at radius 3 is 0.512 bits per heavy atom. The van der Waals surface area contributed by atoms with E-state index < -0.39 is 15.8 Å². The van der Waals surface area contributed by atoms with Gasteiger partial charge in [0.1, 0.15) is 0 Å². The minimum absolute atomic E-state index is 0. The van der Waals surface area contributed by atoms with Crippen LogP contribution in [0.3, 0.4) is 0 Å². The number of benzene rings is 6. The van der Waals surface area contributed by atoms with Gasteiger partial charge < -0.3 is 11.8 Å². The summed E-state index contributed by atoms with van der Waals surface area (Å²) >= 11 is 0. The Bertz CT molecular complexity index is 1220. The van der Waals surface area contributed by atoms with Crippen molar-refractivity contribution >= 4 is 47.7 Å². The molecule has 1 nitrogen and oxygen atoms in total. The third-order valence-corrected chi connectivity index (χ3v) is 11.0. The smallest absolute Gasteiger partial charge is 0.512 e. The van der Waals surface area contributed by atoms with Gasteiger partial charge in [-0.2, -0.15) is 0 Å². The molecule has 0 fully saturated rings. The summed E-state index contributed by atoms with van der Waals surface area (Å²) in [5.74, 6) is 0. The summed E-state index contributed by atoms with van der Waals surface area (Å²) in [5, 5.41) is 14.6.